The molecule has 0 spiro atoms. The number of hydrogen-bond acceptors (Lipinski definition) is 2. The molecule has 2 N–H and O–H groups in total. The largest absolute Gasteiger partial charge is 0.363 e. The molecule has 2 heterocycles. The summed E-state index contributed by atoms with van der Waals surface area (Å²) in [7, 11) is 0. The van der Waals surface area contributed by atoms with Crippen molar-refractivity contribution in [1.82, 2.24) is 0 Å². The first-order valence-electron chi connectivity index (χ1n) is 6.95. The van der Waals surface area contributed by atoms with Crippen molar-refractivity contribution in [3.05, 3.63) is 29.6 Å². The van der Waals surface area contributed by atoms with E-state index in [1.54, 1.807) is 6.07 Å². The lowest BCUT2D eigenvalue weighted by molar-refractivity contribution is 0.269. The molecular formula is C15H21FN2. The van der Waals surface area contributed by atoms with Crippen molar-refractivity contribution >= 4 is 5.69 Å². The van der Waals surface area contributed by atoms with Crippen molar-refractivity contribution in [2.45, 2.75) is 57.2 Å². The van der Waals surface area contributed by atoms with Crippen LogP contribution in [0.1, 0.15) is 37.7 Å². The van der Waals surface area contributed by atoms with E-state index < -0.39 is 0 Å². The number of halogens is 1. The molecule has 2 saturated heterocycles. The fourth-order valence-corrected chi connectivity index (χ4v) is 3.64. The van der Waals surface area contributed by atoms with Gasteiger partial charge in [-0.3, -0.25) is 0 Å². The number of benzene rings is 1. The van der Waals surface area contributed by atoms with E-state index in [2.05, 4.69) is 4.90 Å². The predicted molar refractivity (Wildman–Crippen MR) is 72.3 cm³/mol. The van der Waals surface area contributed by atoms with Crippen molar-refractivity contribution < 1.29 is 4.39 Å². The second-order valence-electron chi connectivity index (χ2n) is 5.83. The number of rotatable bonds is 1. The van der Waals surface area contributed by atoms with Crippen LogP contribution in [0, 0.1) is 12.7 Å². The van der Waals surface area contributed by atoms with Gasteiger partial charge in [0.25, 0.3) is 0 Å². The molecule has 2 unspecified atom stereocenters. The Morgan fingerprint density at radius 1 is 1.22 bits per heavy atom. The maximum atomic E-state index is 14.2. The topological polar surface area (TPSA) is 29.3 Å². The van der Waals surface area contributed by atoms with Crippen LogP contribution in [0.5, 0.6) is 0 Å². The first kappa shape index (κ1) is 12.0. The molecule has 0 amide bonds. The number of piperidine rings is 2. The van der Waals surface area contributed by atoms with Gasteiger partial charge in [-0.2, -0.15) is 0 Å². The molecule has 1 aromatic rings. The van der Waals surface area contributed by atoms with Crippen LogP contribution in [-0.4, -0.2) is 18.1 Å². The Morgan fingerprint density at radius 3 is 2.50 bits per heavy atom. The molecule has 1 aromatic carbocycles. The molecule has 0 radical (unpaired) electrons. The average molecular weight is 248 g/mol. The monoisotopic (exact) mass is 248 g/mol. The highest BCUT2D eigenvalue weighted by atomic mass is 19.1. The van der Waals surface area contributed by atoms with Crippen molar-refractivity contribution in [3.8, 4) is 0 Å². The zero-order chi connectivity index (χ0) is 12.7. The molecule has 2 aliphatic heterocycles. The summed E-state index contributed by atoms with van der Waals surface area (Å²) >= 11 is 0. The molecule has 3 rings (SSSR count). The average Bonchev–Trinajstić information content (AvgIpc) is 2.28. The molecule has 2 fully saturated rings. The van der Waals surface area contributed by atoms with Crippen molar-refractivity contribution in [2.24, 2.45) is 5.73 Å². The van der Waals surface area contributed by atoms with E-state index in [4.69, 9.17) is 5.73 Å². The van der Waals surface area contributed by atoms with Gasteiger partial charge >= 0.3 is 0 Å². The first-order valence-corrected chi connectivity index (χ1v) is 6.95. The molecule has 0 saturated carbocycles. The summed E-state index contributed by atoms with van der Waals surface area (Å²) in [6, 6.07) is 6.74. The zero-order valence-electron chi connectivity index (χ0n) is 10.9. The normalized spacial score (nSPS) is 31.5. The quantitative estimate of drug-likeness (QED) is 0.828. The Kier molecular flexibility index (Phi) is 3.02. The fraction of sp³-hybridized carbons (Fsp3) is 0.600. The smallest absolute Gasteiger partial charge is 0.146 e. The minimum absolute atomic E-state index is 0.0811. The summed E-state index contributed by atoms with van der Waals surface area (Å²) < 4.78 is 14.2. The number of nitrogens with two attached hydrogens (primary N) is 1. The van der Waals surface area contributed by atoms with Gasteiger partial charge in [0.1, 0.15) is 5.82 Å². The summed E-state index contributed by atoms with van der Waals surface area (Å²) in [6.45, 7) is 1.93. The third-order valence-corrected chi connectivity index (χ3v) is 4.39. The molecule has 2 nitrogen and oxygen atoms in total. The highest BCUT2D eigenvalue weighted by molar-refractivity contribution is 5.52. The van der Waals surface area contributed by atoms with Gasteiger partial charge in [-0.15, -0.1) is 0 Å². The SMILES string of the molecule is Cc1ccc(N2C3CCCC2CC(N)C3)c(F)c1. The lowest BCUT2D eigenvalue weighted by Crippen LogP contribution is -2.55. The van der Waals surface area contributed by atoms with E-state index in [9.17, 15) is 4.39 Å². The fourth-order valence-electron chi connectivity index (χ4n) is 3.64. The summed E-state index contributed by atoms with van der Waals surface area (Å²) in [5.74, 6) is -0.0811. The van der Waals surface area contributed by atoms with Gasteiger partial charge in [-0.25, -0.2) is 4.39 Å². The summed E-state index contributed by atoms with van der Waals surface area (Å²) in [4.78, 5) is 2.31. The van der Waals surface area contributed by atoms with E-state index in [-0.39, 0.29) is 5.82 Å². The van der Waals surface area contributed by atoms with Crippen LogP contribution in [-0.2, 0) is 0 Å². The van der Waals surface area contributed by atoms with Gasteiger partial charge in [0.2, 0.25) is 0 Å². The Morgan fingerprint density at radius 2 is 1.89 bits per heavy atom. The Hall–Kier alpha value is -1.09. The van der Waals surface area contributed by atoms with Crippen LogP contribution >= 0.6 is 0 Å². The van der Waals surface area contributed by atoms with Gasteiger partial charge in [0.15, 0.2) is 0 Å². The van der Waals surface area contributed by atoms with E-state index >= 15 is 0 Å². The van der Waals surface area contributed by atoms with Crippen LogP contribution in [0.25, 0.3) is 0 Å². The molecule has 0 aliphatic carbocycles. The van der Waals surface area contributed by atoms with E-state index in [1.807, 2.05) is 19.1 Å². The summed E-state index contributed by atoms with van der Waals surface area (Å²) in [5, 5.41) is 0. The number of anilines is 1. The Labute approximate surface area is 108 Å². The van der Waals surface area contributed by atoms with Crippen LogP contribution in [0.4, 0.5) is 10.1 Å². The number of hydrogen-bond donors (Lipinski definition) is 1. The summed E-state index contributed by atoms with van der Waals surface area (Å²) in [5.41, 5.74) is 7.87. The van der Waals surface area contributed by atoms with Crippen LogP contribution < -0.4 is 10.6 Å². The highest BCUT2D eigenvalue weighted by Crippen LogP contribution is 2.38. The molecule has 98 valence electrons. The predicted octanol–water partition coefficient (Wildman–Crippen LogP) is 2.98. The maximum Gasteiger partial charge on any atom is 0.146 e. The zero-order valence-corrected chi connectivity index (χ0v) is 10.9. The molecule has 18 heavy (non-hydrogen) atoms. The van der Waals surface area contributed by atoms with Crippen LogP contribution in [0.2, 0.25) is 0 Å². The lowest BCUT2D eigenvalue weighted by atomic mass is 9.81. The lowest BCUT2D eigenvalue weighted by Gasteiger charge is -2.49. The van der Waals surface area contributed by atoms with Gasteiger partial charge in [0, 0.05) is 18.1 Å². The standard InChI is InChI=1S/C15H21FN2/c1-10-5-6-15(14(16)7-10)18-12-3-2-4-13(18)9-11(17)8-12/h5-7,11-13H,2-4,8-9,17H2,1H3. The molecule has 0 aromatic heterocycles. The Balaban J connectivity index is 1.95. The highest BCUT2D eigenvalue weighted by Gasteiger charge is 2.37. The van der Waals surface area contributed by atoms with E-state index in [0.717, 1.165) is 36.9 Å². The second kappa shape index (κ2) is 4.54. The number of nitrogens with zero attached hydrogens (tertiary/aromatic N) is 1. The van der Waals surface area contributed by atoms with Crippen LogP contribution in [0.15, 0.2) is 18.2 Å². The molecular weight excluding hydrogens is 227 g/mol. The number of fused-ring (bicyclic) bond motifs is 2. The van der Waals surface area contributed by atoms with Gasteiger partial charge < -0.3 is 10.6 Å². The van der Waals surface area contributed by atoms with Gasteiger partial charge in [-0.05, 0) is 56.7 Å². The second-order valence-corrected chi connectivity index (χ2v) is 5.83. The molecule has 2 bridgehead atoms. The van der Waals surface area contributed by atoms with Crippen molar-refractivity contribution in [3.63, 3.8) is 0 Å². The number of aryl methyl sites for hydroxylation is 1. The van der Waals surface area contributed by atoms with Gasteiger partial charge in [0.05, 0.1) is 5.69 Å². The Bertz CT molecular complexity index is 432. The van der Waals surface area contributed by atoms with Crippen LogP contribution in [0.3, 0.4) is 0 Å². The third-order valence-electron chi connectivity index (χ3n) is 4.39. The van der Waals surface area contributed by atoms with Crippen molar-refractivity contribution in [1.29, 1.82) is 0 Å². The van der Waals surface area contributed by atoms with E-state index in [1.165, 1.54) is 6.42 Å². The third kappa shape index (κ3) is 2.01. The minimum Gasteiger partial charge on any atom is -0.363 e. The summed E-state index contributed by atoms with van der Waals surface area (Å²) in [6.07, 6.45) is 5.56. The van der Waals surface area contributed by atoms with Gasteiger partial charge in [-0.1, -0.05) is 6.07 Å². The molecule has 2 aliphatic rings. The first-order chi connectivity index (χ1) is 8.65. The molecule has 2 atom stereocenters. The van der Waals surface area contributed by atoms with E-state index in [0.29, 0.717) is 18.1 Å². The molecule has 3 heteroatoms. The maximum absolute atomic E-state index is 14.2. The minimum atomic E-state index is -0.0811. The van der Waals surface area contributed by atoms with Crippen molar-refractivity contribution in [2.75, 3.05) is 4.90 Å².